The van der Waals surface area contributed by atoms with E-state index in [2.05, 4.69) is 37.7 Å². The smallest absolute Gasteiger partial charge is 0.0357 e. The highest BCUT2D eigenvalue weighted by molar-refractivity contribution is 5.00. The fourth-order valence-electron chi connectivity index (χ4n) is 3.28. The SMILES string of the molecule is CCCN(CCN(C)C)C1(CN)CCCC1C. The molecule has 2 N–H and O–H groups in total. The zero-order chi connectivity index (χ0) is 12.9. The molecule has 3 nitrogen and oxygen atoms in total. The Balaban J connectivity index is 2.71. The maximum atomic E-state index is 6.14. The second-order valence-electron chi connectivity index (χ2n) is 5.89. The molecule has 102 valence electrons. The Bertz CT molecular complexity index is 218. The van der Waals surface area contributed by atoms with Crippen molar-refractivity contribution in [2.45, 2.75) is 45.1 Å². The molecule has 0 aromatic rings. The fraction of sp³-hybridized carbons (Fsp3) is 1.00. The molecule has 17 heavy (non-hydrogen) atoms. The first kappa shape index (κ1) is 14.9. The molecular weight excluding hydrogens is 210 g/mol. The van der Waals surface area contributed by atoms with Crippen molar-refractivity contribution in [3.63, 3.8) is 0 Å². The Morgan fingerprint density at radius 2 is 1.94 bits per heavy atom. The molecule has 1 saturated carbocycles. The lowest BCUT2D eigenvalue weighted by atomic mass is 9.86. The topological polar surface area (TPSA) is 32.5 Å². The molecule has 0 aliphatic heterocycles. The first-order valence-corrected chi connectivity index (χ1v) is 7.16. The Labute approximate surface area is 107 Å². The van der Waals surface area contributed by atoms with Gasteiger partial charge in [0.15, 0.2) is 0 Å². The maximum absolute atomic E-state index is 6.14. The van der Waals surface area contributed by atoms with Crippen LogP contribution in [0.3, 0.4) is 0 Å². The predicted octanol–water partition coefficient (Wildman–Crippen LogP) is 1.78. The van der Waals surface area contributed by atoms with E-state index in [0.717, 1.165) is 25.6 Å². The number of rotatable bonds is 7. The van der Waals surface area contributed by atoms with Gasteiger partial charge in [0, 0.05) is 25.2 Å². The molecule has 3 heteroatoms. The first-order chi connectivity index (χ1) is 8.06. The van der Waals surface area contributed by atoms with Gasteiger partial charge in [0.2, 0.25) is 0 Å². The zero-order valence-corrected chi connectivity index (χ0v) is 12.2. The highest BCUT2D eigenvalue weighted by atomic mass is 15.2. The lowest BCUT2D eigenvalue weighted by Crippen LogP contribution is -2.57. The standard InChI is InChI=1S/C14H31N3/c1-5-9-17(11-10-16(3)4)14(12-15)8-6-7-13(14)2/h13H,5-12,15H2,1-4H3. The van der Waals surface area contributed by atoms with Crippen molar-refractivity contribution in [2.24, 2.45) is 11.7 Å². The molecule has 0 radical (unpaired) electrons. The average molecular weight is 241 g/mol. The van der Waals surface area contributed by atoms with Crippen LogP contribution in [0.1, 0.15) is 39.5 Å². The van der Waals surface area contributed by atoms with Crippen LogP contribution in [-0.2, 0) is 0 Å². The number of nitrogens with zero attached hydrogens (tertiary/aromatic N) is 2. The van der Waals surface area contributed by atoms with Gasteiger partial charge in [0.05, 0.1) is 0 Å². The summed E-state index contributed by atoms with van der Waals surface area (Å²) in [6.45, 7) is 8.96. The highest BCUT2D eigenvalue weighted by Crippen LogP contribution is 2.39. The second kappa shape index (κ2) is 6.72. The summed E-state index contributed by atoms with van der Waals surface area (Å²) in [7, 11) is 4.30. The van der Waals surface area contributed by atoms with Gasteiger partial charge in [-0.15, -0.1) is 0 Å². The minimum absolute atomic E-state index is 0.284. The van der Waals surface area contributed by atoms with E-state index in [1.807, 2.05) is 0 Å². The van der Waals surface area contributed by atoms with Crippen molar-refractivity contribution < 1.29 is 0 Å². The van der Waals surface area contributed by atoms with E-state index in [4.69, 9.17) is 5.73 Å². The lowest BCUT2D eigenvalue weighted by molar-refractivity contribution is 0.0574. The molecule has 1 fully saturated rings. The van der Waals surface area contributed by atoms with Crippen LogP contribution in [0.15, 0.2) is 0 Å². The van der Waals surface area contributed by atoms with Crippen LogP contribution in [0.5, 0.6) is 0 Å². The monoisotopic (exact) mass is 241 g/mol. The Morgan fingerprint density at radius 1 is 1.24 bits per heavy atom. The van der Waals surface area contributed by atoms with Crippen LogP contribution in [0, 0.1) is 5.92 Å². The maximum Gasteiger partial charge on any atom is 0.0357 e. The first-order valence-electron chi connectivity index (χ1n) is 7.16. The normalized spacial score (nSPS) is 29.5. The van der Waals surface area contributed by atoms with Crippen LogP contribution >= 0.6 is 0 Å². The van der Waals surface area contributed by atoms with Gasteiger partial charge in [-0.05, 0) is 45.8 Å². The molecule has 1 aliphatic carbocycles. The van der Waals surface area contributed by atoms with Crippen molar-refractivity contribution >= 4 is 0 Å². The molecule has 0 aromatic carbocycles. The number of likely N-dealkylation sites (N-methyl/N-ethyl adjacent to an activating group) is 1. The predicted molar refractivity (Wildman–Crippen MR) is 75.2 cm³/mol. The molecule has 0 spiro atoms. The van der Waals surface area contributed by atoms with E-state index in [-0.39, 0.29) is 5.54 Å². The van der Waals surface area contributed by atoms with E-state index in [0.29, 0.717) is 0 Å². The van der Waals surface area contributed by atoms with E-state index in [1.54, 1.807) is 0 Å². The Hall–Kier alpha value is -0.120. The number of hydrogen-bond donors (Lipinski definition) is 1. The van der Waals surface area contributed by atoms with Gasteiger partial charge in [0.1, 0.15) is 0 Å². The molecule has 0 bridgehead atoms. The van der Waals surface area contributed by atoms with Gasteiger partial charge >= 0.3 is 0 Å². The van der Waals surface area contributed by atoms with Gasteiger partial charge in [0.25, 0.3) is 0 Å². The van der Waals surface area contributed by atoms with E-state index in [9.17, 15) is 0 Å². The largest absolute Gasteiger partial charge is 0.329 e. The number of hydrogen-bond acceptors (Lipinski definition) is 3. The molecule has 0 amide bonds. The quantitative estimate of drug-likeness (QED) is 0.737. The van der Waals surface area contributed by atoms with Gasteiger partial charge in [-0.1, -0.05) is 20.3 Å². The van der Waals surface area contributed by atoms with Crippen molar-refractivity contribution in [1.82, 2.24) is 9.80 Å². The summed E-state index contributed by atoms with van der Waals surface area (Å²) < 4.78 is 0. The van der Waals surface area contributed by atoms with Gasteiger partial charge in [-0.3, -0.25) is 4.90 Å². The zero-order valence-electron chi connectivity index (χ0n) is 12.2. The molecular formula is C14H31N3. The summed E-state index contributed by atoms with van der Waals surface area (Å²) in [5, 5.41) is 0. The summed E-state index contributed by atoms with van der Waals surface area (Å²) in [4.78, 5) is 4.94. The minimum Gasteiger partial charge on any atom is -0.329 e. The highest BCUT2D eigenvalue weighted by Gasteiger charge is 2.43. The lowest BCUT2D eigenvalue weighted by Gasteiger charge is -2.44. The van der Waals surface area contributed by atoms with Gasteiger partial charge < -0.3 is 10.6 Å². The van der Waals surface area contributed by atoms with Crippen LogP contribution in [-0.4, -0.2) is 55.6 Å². The summed E-state index contributed by atoms with van der Waals surface area (Å²) >= 11 is 0. The third-order valence-corrected chi connectivity index (χ3v) is 4.46. The molecule has 0 saturated heterocycles. The molecule has 1 rings (SSSR count). The molecule has 1 aliphatic rings. The molecule has 2 unspecified atom stereocenters. The van der Waals surface area contributed by atoms with Crippen molar-refractivity contribution in [3.8, 4) is 0 Å². The minimum atomic E-state index is 0.284. The molecule has 2 atom stereocenters. The summed E-state index contributed by atoms with van der Waals surface area (Å²) in [5.74, 6) is 0.751. The third kappa shape index (κ3) is 3.43. The van der Waals surface area contributed by atoms with Crippen molar-refractivity contribution in [1.29, 1.82) is 0 Å². The Morgan fingerprint density at radius 3 is 2.35 bits per heavy atom. The van der Waals surface area contributed by atoms with Crippen LogP contribution in [0.25, 0.3) is 0 Å². The summed E-state index contributed by atoms with van der Waals surface area (Å²) in [5.41, 5.74) is 6.43. The Kier molecular flexibility index (Phi) is 5.90. The summed E-state index contributed by atoms with van der Waals surface area (Å²) in [6.07, 6.45) is 5.21. The van der Waals surface area contributed by atoms with Gasteiger partial charge in [-0.25, -0.2) is 0 Å². The molecule has 0 aromatic heterocycles. The van der Waals surface area contributed by atoms with Gasteiger partial charge in [-0.2, -0.15) is 0 Å². The fourth-order valence-corrected chi connectivity index (χ4v) is 3.28. The van der Waals surface area contributed by atoms with Crippen LogP contribution < -0.4 is 5.73 Å². The van der Waals surface area contributed by atoms with Crippen LogP contribution in [0.4, 0.5) is 0 Å². The van der Waals surface area contributed by atoms with Crippen molar-refractivity contribution in [3.05, 3.63) is 0 Å². The third-order valence-electron chi connectivity index (χ3n) is 4.46. The van der Waals surface area contributed by atoms with E-state index < -0.39 is 0 Å². The van der Waals surface area contributed by atoms with E-state index in [1.165, 1.54) is 32.2 Å². The second-order valence-corrected chi connectivity index (χ2v) is 5.89. The van der Waals surface area contributed by atoms with E-state index >= 15 is 0 Å². The van der Waals surface area contributed by atoms with Crippen LogP contribution in [0.2, 0.25) is 0 Å². The average Bonchev–Trinajstić information content (AvgIpc) is 2.66. The van der Waals surface area contributed by atoms with Crippen molar-refractivity contribution in [2.75, 3.05) is 40.3 Å². The number of nitrogens with two attached hydrogens (primary N) is 1. The summed E-state index contributed by atoms with van der Waals surface area (Å²) in [6, 6.07) is 0. The molecule has 0 heterocycles.